The van der Waals surface area contributed by atoms with E-state index in [1.807, 2.05) is 19.1 Å². The van der Waals surface area contributed by atoms with E-state index in [0.717, 1.165) is 16.1 Å². The summed E-state index contributed by atoms with van der Waals surface area (Å²) in [5.74, 6) is 0. The fourth-order valence-corrected chi connectivity index (χ4v) is 2.45. The zero-order valence-corrected chi connectivity index (χ0v) is 10.2. The van der Waals surface area contributed by atoms with Gasteiger partial charge in [0.1, 0.15) is 0 Å². The standard InChI is InChI=1S/C10H8Cl2N2S/c1-5-9(14-10(13)15-5)6-3-2-4-7(11)8(6)12/h2-4H,1H3,(H2,13,14). The van der Waals surface area contributed by atoms with Crippen LogP contribution in [0.3, 0.4) is 0 Å². The fraction of sp³-hybridized carbons (Fsp3) is 0.100. The van der Waals surface area contributed by atoms with Crippen molar-refractivity contribution in [1.29, 1.82) is 0 Å². The van der Waals surface area contributed by atoms with Gasteiger partial charge in [-0.25, -0.2) is 4.98 Å². The predicted molar refractivity (Wildman–Crippen MR) is 66.7 cm³/mol. The van der Waals surface area contributed by atoms with Crippen molar-refractivity contribution >= 4 is 39.7 Å². The van der Waals surface area contributed by atoms with E-state index in [0.29, 0.717) is 15.2 Å². The summed E-state index contributed by atoms with van der Waals surface area (Å²) in [6, 6.07) is 5.48. The second-order valence-electron chi connectivity index (χ2n) is 3.06. The molecule has 0 spiro atoms. The number of benzene rings is 1. The molecule has 0 unspecified atom stereocenters. The third-order valence-corrected chi connectivity index (χ3v) is 3.64. The first-order valence-electron chi connectivity index (χ1n) is 4.27. The van der Waals surface area contributed by atoms with Crippen molar-refractivity contribution in [3.63, 3.8) is 0 Å². The molecular formula is C10H8Cl2N2S. The van der Waals surface area contributed by atoms with Gasteiger partial charge in [-0.3, -0.25) is 0 Å². The Bertz CT molecular complexity index is 508. The molecular weight excluding hydrogens is 251 g/mol. The van der Waals surface area contributed by atoms with Gasteiger partial charge >= 0.3 is 0 Å². The molecule has 2 N–H and O–H groups in total. The smallest absolute Gasteiger partial charge is 0.180 e. The van der Waals surface area contributed by atoms with Crippen LogP contribution >= 0.6 is 34.5 Å². The molecule has 0 aliphatic carbocycles. The minimum atomic E-state index is 0.521. The lowest BCUT2D eigenvalue weighted by Gasteiger charge is -2.03. The monoisotopic (exact) mass is 258 g/mol. The highest BCUT2D eigenvalue weighted by Gasteiger charge is 2.12. The van der Waals surface area contributed by atoms with E-state index >= 15 is 0 Å². The third kappa shape index (κ3) is 1.95. The summed E-state index contributed by atoms with van der Waals surface area (Å²) in [5.41, 5.74) is 7.27. The molecule has 2 nitrogen and oxygen atoms in total. The molecule has 0 atom stereocenters. The second kappa shape index (κ2) is 4.00. The van der Waals surface area contributed by atoms with E-state index in [2.05, 4.69) is 4.98 Å². The number of rotatable bonds is 1. The van der Waals surface area contributed by atoms with Gasteiger partial charge in [0.2, 0.25) is 0 Å². The summed E-state index contributed by atoms with van der Waals surface area (Å²) >= 11 is 13.5. The highest BCUT2D eigenvalue weighted by atomic mass is 35.5. The van der Waals surface area contributed by atoms with Crippen molar-refractivity contribution in [2.75, 3.05) is 5.73 Å². The van der Waals surface area contributed by atoms with Crippen molar-refractivity contribution in [1.82, 2.24) is 4.98 Å². The lowest BCUT2D eigenvalue weighted by molar-refractivity contribution is 1.38. The molecule has 0 amide bonds. The Morgan fingerprint density at radius 1 is 1.33 bits per heavy atom. The van der Waals surface area contributed by atoms with Crippen molar-refractivity contribution in [3.05, 3.63) is 33.1 Å². The van der Waals surface area contributed by atoms with Crippen molar-refractivity contribution in [2.45, 2.75) is 6.92 Å². The lowest BCUT2D eigenvalue weighted by Crippen LogP contribution is -1.85. The molecule has 15 heavy (non-hydrogen) atoms. The molecule has 0 saturated carbocycles. The Hall–Kier alpha value is -0.770. The highest BCUT2D eigenvalue weighted by Crippen LogP contribution is 2.36. The van der Waals surface area contributed by atoms with Crippen LogP contribution in [0.1, 0.15) is 4.88 Å². The van der Waals surface area contributed by atoms with Crippen LogP contribution in [0.5, 0.6) is 0 Å². The van der Waals surface area contributed by atoms with Gasteiger partial charge in [-0.2, -0.15) is 0 Å². The summed E-state index contributed by atoms with van der Waals surface area (Å²) in [6.45, 7) is 1.96. The summed E-state index contributed by atoms with van der Waals surface area (Å²) in [7, 11) is 0. The largest absolute Gasteiger partial charge is 0.375 e. The van der Waals surface area contributed by atoms with Gasteiger partial charge in [0.05, 0.1) is 15.7 Å². The maximum absolute atomic E-state index is 6.10. The fourth-order valence-electron chi connectivity index (χ4n) is 1.35. The van der Waals surface area contributed by atoms with Crippen LogP contribution in [-0.2, 0) is 0 Å². The molecule has 0 fully saturated rings. The van der Waals surface area contributed by atoms with E-state index < -0.39 is 0 Å². The first kappa shape index (κ1) is 10.7. The predicted octanol–water partition coefficient (Wildman–Crippen LogP) is 4.01. The number of nitrogens with zero attached hydrogens (tertiary/aromatic N) is 1. The summed E-state index contributed by atoms with van der Waals surface area (Å²) in [6.07, 6.45) is 0. The van der Waals surface area contributed by atoms with E-state index in [1.54, 1.807) is 6.07 Å². The second-order valence-corrected chi connectivity index (χ2v) is 5.08. The van der Waals surface area contributed by atoms with Crippen LogP contribution < -0.4 is 5.73 Å². The van der Waals surface area contributed by atoms with Gasteiger partial charge in [0.25, 0.3) is 0 Å². The average molecular weight is 259 g/mol. The molecule has 2 rings (SSSR count). The molecule has 0 radical (unpaired) electrons. The molecule has 1 heterocycles. The number of halogens is 2. The quantitative estimate of drug-likeness (QED) is 0.840. The van der Waals surface area contributed by atoms with E-state index in [-0.39, 0.29) is 0 Å². The number of aryl methyl sites for hydroxylation is 1. The van der Waals surface area contributed by atoms with Gasteiger partial charge in [0.15, 0.2) is 5.13 Å². The maximum Gasteiger partial charge on any atom is 0.180 e. The zero-order valence-electron chi connectivity index (χ0n) is 7.92. The summed E-state index contributed by atoms with van der Waals surface area (Å²) in [4.78, 5) is 5.27. The van der Waals surface area contributed by atoms with Crippen LogP contribution in [0.25, 0.3) is 11.3 Å². The Morgan fingerprint density at radius 2 is 2.07 bits per heavy atom. The number of aromatic nitrogens is 1. The first-order valence-corrected chi connectivity index (χ1v) is 5.84. The van der Waals surface area contributed by atoms with E-state index in [1.165, 1.54) is 11.3 Å². The van der Waals surface area contributed by atoms with Gasteiger partial charge < -0.3 is 5.73 Å². The Labute approximate surface area is 102 Å². The number of hydrogen-bond acceptors (Lipinski definition) is 3. The average Bonchev–Trinajstić information content (AvgIpc) is 2.50. The number of hydrogen-bond donors (Lipinski definition) is 1. The molecule has 2 aromatic rings. The van der Waals surface area contributed by atoms with Crippen molar-refractivity contribution in [3.8, 4) is 11.3 Å². The summed E-state index contributed by atoms with van der Waals surface area (Å²) in [5, 5.41) is 1.59. The SMILES string of the molecule is Cc1sc(N)nc1-c1cccc(Cl)c1Cl. The van der Waals surface area contributed by atoms with E-state index in [9.17, 15) is 0 Å². The minimum Gasteiger partial charge on any atom is -0.375 e. The first-order chi connectivity index (χ1) is 7.09. The topological polar surface area (TPSA) is 38.9 Å². The number of nitrogen functional groups attached to an aromatic ring is 1. The van der Waals surface area contributed by atoms with Crippen molar-refractivity contribution in [2.24, 2.45) is 0 Å². The number of anilines is 1. The molecule has 0 saturated heterocycles. The highest BCUT2D eigenvalue weighted by molar-refractivity contribution is 7.15. The zero-order chi connectivity index (χ0) is 11.0. The van der Waals surface area contributed by atoms with Crippen LogP contribution in [0.4, 0.5) is 5.13 Å². The Morgan fingerprint density at radius 3 is 2.67 bits per heavy atom. The van der Waals surface area contributed by atoms with Gasteiger partial charge in [-0.05, 0) is 13.0 Å². The summed E-state index contributed by atoms with van der Waals surface area (Å²) < 4.78 is 0. The lowest BCUT2D eigenvalue weighted by atomic mass is 10.1. The Balaban J connectivity index is 2.64. The minimum absolute atomic E-state index is 0.521. The third-order valence-electron chi connectivity index (χ3n) is 2.02. The molecule has 78 valence electrons. The van der Waals surface area contributed by atoms with Crippen LogP contribution in [0, 0.1) is 6.92 Å². The molecule has 0 aliphatic rings. The van der Waals surface area contributed by atoms with Gasteiger partial charge in [-0.1, -0.05) is 35.3 Å². The molecule has 5 heteroatoms. The number of nitrogens with two attached hydrogens (primary N) is 1. The van der Waals surface area contributed by atoms with Gasteiger partial charge in [-0.15, -0.1) is 11.3 Å². The van der Waals surface area contributed by atoms with Gasteiger partial charge in [0, 0.05) is 10.4 Å². The molecule has 1 aromatic heterocycles. The molecule has 0 aliphatic heterocycles. The molecule has 1 aromatic carbocycles. The molecule has 0 bridgehead atoms. The van der Waals surface area contributed by atoms with E-state index in [4.69, 9.17) is 28.9 Å². The van der Waals surface area contributed by atoms with Crippen LogP contribution in [-0.4, -0.2) is 4.98 Å². The van der Waals surface area contributed by atoms with Crippen LogP contribution in [0.15, 0.2) is 18.2 Å². The normalized spacial score (nSPS) is 10.6. The maximum atomic E-state index is 6.10. The number of thiazole rings is 1. The van der Waals surface area contributed by atoms with Crippen LogP contribution in [0.2, 0.25) is 10.0 Å². The van der Waals surface area contributed by atoms with Crippen molar-refractivity contribution < 1.29 is 0 Å². The Kier molecular flexibility index (Phi) is 2.87.